The Morgan fingerprint density at radius 2 is 1.96 bits per heavy atom. The van der Waals surface area contributed by atoms with Crippen LogP contribution in [0.25, 0.3) is 0 Å². The van der Waals surface area contributed by atoms with Crippen molar-refractivity contribution in [3.8, 4) is 0 Å². The van der Waals surface area contributed by atoms with Gasteiger partial charge >= 0.3 is 0 Å². The molecule has 2 N–H and O–H groups in total. The van der Waals surface area contributed by atoms with Gasteiger partial charge in [0.15, 0.2) is 0 Å². The van der Waals surface area contributed by atoms with E-state index in [9.17, 15) is 9.90 Å². The Labute approximate surface area is 140 Å². The molecule has 1 aromatic carbocycles. The lowest BCUT2D eigenvalue weighted by Gasteiger charge is -2.37. The number of carbonyl (C=O) groups is 1. The number of benzene rings is 1. The van der Waals surface area contributed by atoms with Crippen molar-refractivity contribution in [2.45, 2.75) is 52.5 Å². The van der Waals surface area contributed by atoms with Crippen LogP contribution in [-0.4, -0.2) is 23.7 Å². The smallest absolute Gasteiger partial charge is 0.223 e. The molecule has 0 bridgehead atoms. The van der Waals surface area contributed by atoms with Crippen molar-refractivity contribution in [2.75, 3.05) is 6.61 Å². The van der Waals surface area contributed by atoms with Crippen molar-refractivity contribution in [3.63, 3.8) is 0 Å². The first kappa shape index (κ1) is 18.0. The third kappa shape index (κ3) is 5.07. The SMILES string of the molecule is CC(C)C1CC[C@@H](C)C[C@H]1C(=O)NC(CO)Cc1ccccc1. The van der Waals surface area contributed by atoms with Crippen molar-refractivity contribution in [1.29, 1.82) is 0 Å². The first-order valence-corrected chi connectivity index (χ1v) is 8.96. The Hall–Kier alpha value is -1.35. The maximum atomic E-state index is 12.8. The van der Waals surface area contributed by atoms with Gasteiger partial charge in [-0.1, -0.05) is 57.5 Å². The van der Waals surface area contributed by atoms with E-state index in [0.29, 0.717) is 24.2 Å². The Morgan fingerprint density at radius 3 is 2.57 bits per heavy atom. The number of hydrogen-bond acceptors (Lipinski definition) is 2. The third-order valence-corrected chi connectivity index (χ3v) is 5.25. The zero-order chi connectivity index (χ0) is 16.8. The zero-order valence-corrected chi connectivity index (χ0v) is 14.7. The molecule has 1 amide bonds. The number of aliphatic hydroxyl groups excluding tert-OH is 1. The maximum absolute atomic E-state index is 12.8. The molecule has 128 valence electrons. The fourth-order valence-corrected chi connectivity index (χ4v) is 3.87. The van der Waals surface area contributed by atoms with E-state index >= 15 is 0 Å². The highest BCUT2D eigenvalue weighted by molar-refractivity contribution is 5.79. The summed E-state index contributed by atoms with van der Waals surface area (Å²) in [5, 5.41) is 12.7. The largest absolute Gasteiger partial charge is 0.394 e. The second-order valence-corrected chi connectivity index (χ2v) is 7.51. The van der Waals surface area contributed by atoms with E-state index in [4.69, 9.17) is 0 Å². The van der Waals surface area contributed by atoms with Gasteiger partial charge in [-0.05, 0) is 42.6 Å². The van der Waals surface area contributed by atoms with Crippen molar-refractivity contribution in [3.05, 3.63) is 35.9 Å². The quantitative estimate of drug-likeness (QED) is 0.844. The van der Waals surface area contributed by atoms with Crippen molar-refractivity contribution >= 4 is 5.91 Å². The number of carbonyl (C=O) groups excluding carboxylic acids is 1. The van der Waals surface area contributed by atoms with E-state index in [-0.39, 0.29) is 24.5 Å². The molecule has 2 unspecified atom stereocenters. The molecular weight excluding hydrogens is 286 g/mol. The minimum Gasteiger partial charge on any atom is -0.394 e. The second kappa shape index (κ2) is 8.49. The predicted octanol–water partition coefficient (Wildman–Crippen LogP) is 3.41. The van der Waals surface area contributed by atoms with Crippen LogP contribution in [0, 0.1) is 23.7 Å². The molecule has 0 saturated heterocycles. The molecule has 0 spiro atoms. The average molecular weight is 317 g/mol. The lowest BCUT2D eigenvalue weighted by molar-refractivity contribution is -0.130. The molecule has 23 heavy (non-hydrogen) atoms. The molecule has 1 aliphatic carbocycles. The van der Waals surface area contributed by atoms with Gasteiger partial charge in [-0.3, -0.25) is 4.79 Å². The first-order chi connectivity index (χ1) is 11.0. The third-order valence-electron chi connectivity index (χ3n) is 5.25. The average Bonchev–Trinajstić information content (AvgIpc) is 2.54. The van der Waals surface area contributed by atoms with E-state index in [1.807, 2.05) is 30.3 Å². The van der Waals surface area contributed by atoms with Crippen LogP contribution in [0.15, 0.2) is 30.3 Å². The molecule has 1 fully saturated rings. The van der Waals surface area contributed by atoms with Gasteiger partial charge in [0.2, 0.25) is 5.91 Å². The summed E-state index contributed by atoms with van der Waals surface area (Å²) in [5.41, 5.74) is 1.14. The molecule has 2 rings (SSSR count). The first-order valence-electron chi connectivity index (χ1n) is 8.96. The monoisotopic (exact) mass is 317 g/mol. The summed E-state index contributed by atoms with van der Waals surface area (Å²) in [5.74, 6) is 1.82. The lowest BCUT2D eigenvalue weighted by atomic mass is 9.69. The van der Waals surface area contributed by atoms with Gasteiger partial charge in [0.1, 0.15) is 0 Å². The van der Waals surface area contributed by atoms with Gasteiger partial charge in [0, 0.05) is 5.92 Å². The van der Waals surface area contributed by atoms with Crippen LogP contribution >= 0.6 is 0 Å². The van der Waals surface area contributed by atoms with Crippen LogP contribution in [0.3, 0.4) is 0 Å². The molecule has 0 aliphatic heterocycles. The number of rotatable bonds is 6. The molecule has 3 heteroatoms. The molecular formula is C20H31NO2. The Morgan fingerprint density at radius 1 is 1.26 bits per heavy atom. The van der Waals surface area contributed by atoms with Crippen LogP contribution < -0.4 is 5.32 Å². The minimum absolute atomic E-state index is 0.0186. The summed E-state index contributed by atoms with van der Waals surface area (Å²) >= 11 is 0. The molecule has 0 radical (unpaired) electrons. The Bertz CT molecular complexity index is 486. The van der Waals surface area contributed by atoms with Gasteiger partial charge in [0.05, 0.1) is 12.6 Å². The predicted molar refractivity (Wildman–Crippen MR) is 94.0 cm³/mol. The van der Waals surface area contributed by atoms with Crippen LogP contribution in [0.2, 0.25) is 0 Å². The van der Waals surface area contributed by atoms with E-state index < -0.39 is 0 Å². The molecule has 1 aliphatic rings. The Kier molecular flexibility index (Phi) is 6.64. The second-order valence-electron chi connectivity index (χ2n) is 7.51. The summed E-state index contributed by atoms with van der Waals surface area (Å²) in [6.45, 7) is 6.66. The minimum atomic E-state index is -0.199. The van der Waals surface area contributed by atoms with Gasteiger partial charge in [-0.2, -0.15) is 0 Å². The highest BCUT2D eigenvalue weighted by Gasteiger charge is 2.35. The zero-order valence-electron chi connectivity index (χ0n) is 14.7. The lowest BCUT2D eigenvalue weighted by Crippen LogP contribution is -2.46. The van der Waals surface area contributed by atoms with E-state index in [0.717, 1.165) is 18.4 Å². The molecule has 1 aromatic rings. The van der Waals surface area contributed by atoms with Crippen LogP contribution in [-0.2, 0) is 11.2 Å². The van der Waals surface area contributed by atoms with E-state index in [2.05, 4.69) is 26.1 Å². The molecule has 1 saturated carbocycles. The topological polar surface area (TPSA) is 49.3 Å². The normalized spacial score (nSPS) is 26.0. The van der Waals surface area contributed by atoms with Gasteiger partial charge in [-0.15, -0.1) is 0 Å². The summed E-state index contributed by atoms with van der Waals surface area (Å²) in [6, 6.07) is 9.83. The fraction of sp³-hybridized carbons (Fsp3) is 0.650. The Balaban J connectivity index is 1.99. The summed E-state index contributed by atoms with van der Waals surface area (Å²) in [6.07, 6.45) is 4.01. The maximum Gasteiger partial charge on any atom is 0.223 e. The highest BCUT2D eigenvalue weighted by atomic mass is 16.3. The molecule has 0 aromatic heterocycles. The molecule has 0 heterocycles. The highest BCUT2D eigenvalue weighted by Crippen LogP contribution is 2.38. The van der Waals surface area contributed by atoms with Crippen molar-refractivity contribution < 1.29 is 9.90 Å². The number of amides is 1. The van der Waals surface area contributed by atoms with Gasteiger partial charge < -0.3 is 10.4 Å². The standard InChI is InChI=1S/C20H31NO2/c1-14(2)18-10-9-15(3)11-19(18)20(23)21-17(13-22)12-16-7-5-4-6-8-16/h4-8,14-15,17-19,22H,9-13H2,1-3H3,(H,21,23)/t15-,17?,18?,19-/m1/s1. The fourth-order valence-electron chi connectivity index (χ4n) is 3.87. The van der Waals surface area contributed by atoms with Gasteiger partial charge in [0.25, 0.3) is 0 Å². The van der Waals surface area contributed by atoms with Crippen LogP contribution in [0.1, 0.15) is 45.6 Å². The van der Waals surface area contributed by atoms with E-state index in [1.54, 1.807) is 0 Å². The number of aliphatic hydroxyl groups is 1. The summed E-state index contributed by atoms with van der Waals surface area (Å²) < 4.78 is 0. The molecule has 4 atom stereocenters. The number of hydrogen-bond donors (Lipinski definition) is 2. The number of nitrogens with one attached hydrogen (secondary N) is 1. The van der Waals surface area contributed by atoms with Gasteiger partial charge in [-0.25, -0.2) is 0 Å². The van der Waals surface area contributed by atoms with Crippen molar-refractivity contribution in [1.82, 2.24) is 5.32 Å². The summed E-state index contributed by atoms with van der Waals surface area (Å²) in [7, 11) is 0. The van der Waals surface area contributed by atoms with E-state index in [1.165, 1.54) is 6.42 Å². The van der Waals surface area contributed by atoms with Crippen molar-refractivity contribution in [2.24, 2.45) is 23.7 Å². The van der Waals surface area contributed by atoms with Crippen LogP contribution in [0.5, 0.6) is 0 Å². The molecule has 3 nitrogen and oxygen atoms in total. The summed E-state index contributed by atoms with van der Waals surface area (Å²) in [4.78, 5) is 12.8. The van der Waals surface area contributed by atoms with Crippen LogP contribution in [0.4, 0.5) is 0 Å².